The first kappa shape index (κ1) is 14.4. The van der Waals surface area contributed by atoms with E-state index in [4.69, 9.17) is 0 Å². The third-order valence-corrected chi connectivity index (χ3v) is 3.09. The van der Waals surface area contributed by atoms with E-state index >= 15 is 0 Å². The van der Waals surface area contributed by atoms with Gasteiger partial charge in [-0.05, 0) is 28.9 Å². The standard InChI is InChI=1S/C12H15BrN6O/c1-3-14-11-9(4-8(13)5-15-11)12(20)16-6-10-18-17-7-19(10)2/h4-5,7H,3,6H2,1-2H3,(H,14,15)(H,16,20). The summed E-state index contributed by atoms with van der Waals surface area (Å²) in [4.78, 5) is 16.4. The Bertz CT molecular complexity index is 612. The molecule has 0 radical (unpaired) electrons. The minimum Gasteiger partial charge on any atom is -0.370 e. The lowest BCUT2D eigenvalue weighted by Crippen LogP contribution is -2.25. The number of aryl methyl sites for hydroxylation is 1. The number of pyridine rings is 1. The molecule has 0 spiro atoms. The van der Waals surface area contributed by atoms with E-state index in [0.717, 1.165) is 4.47 Å². The van der Waals surface area contributed by atoms with Crippen LogP contribution in [0.25, 0.3) is 0 Å². The number of carbonyl (C=O) groups is 1. The molecule has 2 aromatic heterocycles. The fourth-order valence-electron chi connectivity index (χ4n) is 1.64. The van der Waals surface area contributed by atoms with Crippen LogP contribution in [0.4, 0.5) is 5.82 Å². The molecule has 0 saturated heterocycles. The van der Waals surface area contributed by atoms with E-state index in [-0.39, 0.29) is 5.91 Å². The second kappa shape index (κ2) is 6.47. The van der Waals surface area contributed by atoms with Gasteiger partial charge in [-0.3, -0.25) is 4.79 Å². The summed E-state index contributed by atoms with van der Waals surface area (Å²) in [5.41, 5.74) is 0.489. The molecular formula is C12H15BrN6O. The topological polar surface area (TPSA) is 84.7 Å². The largest absolute Gasteiger partial charge is 0.370 e. The first-order chi connectivity index (χ1) is 9.61. The van der Waals surface area contributed by atoms with E-state index in [1.54, 1.807) is 23.2 Å². The van der Waals surface area contributed by atoms with Crippen LogP contribution in [0.15, 0.2) is 23.1 Å². The third kappa shape index (κ3) is 3.32. The van der Waals surface area contributed by atoms with Gasteiger partial charge in [-0.1, -0.05) is 0 Å². The van der Waals surface area contributed by atoms with Gasteiger partial charge in [-0.15, -0.1) is 10.2 Å². The lowest BCUT2D eigenvalue weighted by atomic mass is 10.2. The van der Waals surface area contributed by atoms with Gasteiger partial charge in [-0.2, -0.15) is 0 Å². The SMILES string of the molecule is CCNc1ncc(Br)cc1C(=O)NCc1nncn1C. The van der Waals surface area contributed by atoms with Crippen molar-refractivity contribution in [2.75, 3.05) is 11.9 Å². The number of aromatic nitrogens is 4. The van der Waals surface area contributed by atoms with Crippen molar-refractivity contribution in [3.63, 3.8) is 0 Å². The van der Waals surface area contributed by atoms with Crippen LogP contribution in [0, 0.1) is 0 Å². The van der Waals surface area contributed by atoms with Crippen LogP contribution in [0.1, 0.15) is 23.1 Å². The van der Waals surface area contributed by atoms with Gasteiger partial charge < -0.3 is 15.2 Å². The highest BCUT2D eigenvalue weighted by Gasteiger charge is 2.13. The van der Waals surface area contributed by atoms with Gasteiger partial charge in [0.1, 0.15) is 12.1 Å². The first-order valence-electron chi connectivity index (χ1n) is 6.12. The highest BCUT2D eigenvalue weighted by molar-refractivity contribution is 9.10. The summed E-state index contributed by atoms with van der Waals surface area (Å²) < 4.78 is 2.51. The molecule has 1 amide bonds. The Kier molecular flexibility index (Phi) is 4.67. The number of hydrogen-bond donors (Lipinski definition) is 2. The van der Waals surface area contributed by atoms with Crippen LogP contribution in [-0.2, 0) is 13.6 Å². The van der Waals surface area contributed by atoms with Crippen LogP contribution in [0.3, 0.4) is 0 Å². The zero-order valence-electron chi connectivity index (χ0n) is 11.2. The number of halogens is 1. The third-order valence-electron chi connectivity index (χ3n) is 2.66. The van der Waals surface area contributed by atoms with Crippen molar-refractivity contribution in [2.45, 2.75) is 13.5 Å². The Balaban J connectivity index is 2.12. The molecule has 2 heterocycles. The second-order valence-corrected chi connectivity index (χ2v) is 5.04. The summed E-state index contributed by atoms with van der Waals surface area (Å²) in [5.74, 6) is 1.04. The summed E-state index contributed by atoms with van der Waals surface area (Å²) in [6.07, 6.45) is 3.24. The molecular weight excluding hydrogens is 324 g/mol. The van der Waals surface area contributed by atoms with Crippen LogP contribution in [0.2, 0.25) is 0 Å². The zero-order valence-corrected chi connectivity index (χ0v) is 12.8. The van der Waals surface area contributed by atoms with Crippen LogP contribution in [0.5, 0.6) is 0 Å². The molecule has 0 fully saturated rings. The number of carbonyl (C=O) groups excluding carboxylic acids is 1. The fourth-order valence-corrected chi connectivity index (χ4v) is 1.97. The molecule has 8 heteroatoms. The normalized spacial score (nSPS) is 10.3. The van der Waals surface area contributed by atoms with Crippen LogP contribution >= 0.6 is 15.9 Å². The van der Waals surface area contributed by atoms with E-state index in [2.05, 4.69) is 41.7 Å². The van der Waals surface area contributed by atoms with Crippen molar-refractivity contribution in [1.82, 2.24) is 25.1 Å². The lowest BCUT2D eigenvalue weighted by Gasteiger charge is -2.10. The molecule has 0 aliphatic carbocycles. The summed E-state index contributed by atoms with van der Waals surface area (Å²) >= 11 is 3.32. The molecule has 0 saturated carbocycles. The van der Waals surface area contributed by atoms with Crippen molar-refractivity contribution in [1.29, 1.82) is 0 Å². The van der Waals surface area contributed by atoms with Gasteiger partial charge in [0.25, 0.3) is 5.91 Å². The molecule has 0 aromatic carbocycles. The average Bonchev–Trinajstić information content (AvgIpc) is 2.84. The maximum Gasteiger partial charge on any atom is 0.255 e. The fraction of sp³-hybridized carbons (Fsp3) is 0.333. The molecule has 2 N–H and O–H groups in total. The van der Waals surface area contributed by atoms with E-state index in [0.29, 0.717) is 30.3 Å². The Morgan fingerprint density at radius 1 is 1.50 bits per heavy atom. The second-order valence-electron chi connectivity index (χ2n) is 4.12. The molecule has 0 aliphatic rings. The van der Waals surface area contributed by atoms with E-state index in [1.165, 1.54) is 0 Å². The Labute approximate surface area is 124 Å². The van der Waals surface area contributed by atoms with Crippen molar-refractivity contribution in [3.05, 3.63) is 34.5 Å². The minimum atomic E-state index is -0.210. The van der Waals surface area contributed by atoms with Gasteiger partial charge in [0.2, 0.25) is 0 Å². The van der Waals surface area contributed by atoms with Crippen molar-refractivity contribution in [3.8, 4) is 0 Å². The van der Waals surface area contributed by atoms with Crippen LogP contribution < -0.4 is 10.6 Å². The minimum absolute atomic E-state index is 0.210. The summed E-state index contributed by atoms with van der Waals surface area (Å²) in [7, 11) is 1.83. The van der Waals surface area contributed by atoms with Gasteiger partial charge in [0.05, 0.1) is 12.1 Å². The summed E-state index contributed by atoms with van der Waals surface area (Å²) in [6, 6.07) is 1.73. The number of nitrogens with one attached hydrogen (secondary N) is 2. The van der Waals surface area contributed by atoms with Gasteiger partial charge in [0, 0.05) is 24.3 Å². The number of hydrogen-bond acceptors (Lipinski definition) is 5. The number of amides is 1. The van der Waals surface area contributed by atoms with Crippen molar-refractivity contribution in [2.24, 2.45) is 7.05 Å². The molecule has 0 bridgehead atoms. The molecule has 20 heavy (non-hydrogen) atoms. The quantitative estimate of drug-likeness (QED) is 0.859. The van der Waals surface area contributed by atoms with Crippen molar-refractivity contribution >= 4 is 27.7 Å². The Hall–Kier alpha value is -1.96. The van der Waals surface area contributed by atoms with Gasteiger partial charge >= 0.3 is 0 Å². The molecule has 0 atom stereocenters. The smallest absolute Gasteiger partial charge is 0.255 e. The van der Waals surface area contributed by atoms with E-state index < -0.39 is 0 Å². The van der Waals surface area contributed by atoms with Gasteiger partial charge in [-0.25, -0.2) is 4.98 Å². The van der Waals surface area contributed by atoms with E-state index in [9.17, 15) is 4.79 Å². The predicted molar refractivity (Wildman–Crippen MR) is 78.3 cm³/mol. The van der Waals surface area contributed by atoms with Crippen molar-refractivity contribution < 1.29 is 4.79 Å². The number of nitrogens with zero attached hydrogens (tertiary/aromatic N) is 4. The molecule has 106 valence electrons. The summed E-state index contributed by atoms with van der Waals surface area (Å²) in [5, 5.41) is 13.5. The van der Waals surface area contributed by atoms with E-state index in [1.807, 2.05) is 14.0 Å². The molecule has 0 aliphatic heterocycles. The number of rotatable bonds is 5. The molecule has 7 nitrogen and oxygen atoms in total. The monoisotopic (exact) mass is 338 g/mol. The maximum absolute atomic E-state index is 12.2. The average molecular weight is 339 g/mol. The first-order valence-corrected chi connectivity index (χ1v) is 6.91. The van der Waals surface area contributed by atoms with Crippen LogP contribution in [-0.4, -0.2) is 32.2 Å². The molecule has 0 unspecified atom stereocenters. The van der Waals surface area contributed by atoms with Gasteiger partial charge in [0.15, 0.2) is 5.82 Å². The molecule has 2 aromatic rings. The predicted octanol–water partition coefficient (Wildman–Crippen LogP) is 1.33. The zero-order chi connectivity index (χ0) is 14.5. The molecule has 2 rings (SSSR count). The highest BCUT2D eigenvalue weighted by atomic mass is 79.9. The lowest BCUT2D eigenvalue weighted by molar-refractivity contribution is 0.0950. The summed E-state index contributed by atoms with van der Waals surface area (Å²) in [6.45, 7) is 2.95. The Morgan fingerprint density at radius 2 is 2.30 bits per heavy atom. The Morgan fingerprint density at radius 3 is 2.95 bits per heavy atom. The maximum atomic E-state index is 12.2. The highest BCUT2D eigenvalue weighted by Crippen LogP contribution is 2.18. The number of anilines is 1.